The summed E-state index contributed by atoms with van der Waals surface area (Å²) in [4.78, 5) is 33.7. The maximum atomic E-state index is 11.8. The van der Waals surface area contributed by atoms with Crippen LogP contribution in [-0.4, -0.2) is 59.9 Å². The Bertz CT molecular complexity index is 359. The Morgan fingerprint density at radius 3 is 2.63 bits per heavy atom. The van der Waals surface area contributed by atoms with Crippen LogP contribution in [0.25, 0.3) is 0 Å². The topological polar surface area (TPSA) is 125 Å². The molecule has 4 N–H and O–H groups in total. The zero-order chi connectivity index (χ0) is 14.4. The zero-order valence-corrected chi connectivity index (χ0v) is 10.6. The Kier molecular flexibility index (Phi) is 5.71. The third-order valence-corrected chi connectivity index (χ3v) is 2.90. The molecule has 0 spiro atoms. The van der Waals surface area contributed by atoms with Crippen LogP contribution in [-0.2, 0) is 19.1 Å². The molecule has 0 aromatic carbocycles. The smallest absolute Gasteiger partial charge is 0.326 e. The second-order valence-corrected chi connectivity index (χ2v) is 4.36. The van der Waals surface area contributed by atoms with Crippen molar-refractivity contribution in [1.82, 2.24) is 10.6 Å². The maximum absolute atomic E-state index is 11.8. The van der Waals surface area contributed by atoms with Gasteiger partial charge in [-0.25, -0.2) is 4.79 Å². The molecule has 1 fully saturated rings. The van der Waals surface area contributed by atoms with Crippen LogP contribution in [0, 0.1) is 0 Å². The molecule has 1 saturated heterocycles. The molecule has 108 valence electrons. The predicted molar refractivity (Wildman–Crippen MR) is 63.2 cm³/mol. The van der Waals surface area contributed by atoms with E-state index in [0.29, 0.717) is 6.54 Å². The third-order valence-electron chi connectivity index (χ3n) is 2.90. The fourth-order valence-corrected chi connectivity index (χ4v) is 1.81. The molecule has 1 heterocycles. The average Bonchev–Trinajstić information content (AvgIpc) is 2.80. The summed E-state index contributed by atoms with van der Waals surface area (Å²) >= 11 is 0. The molecule has 19 heavy (non-hydrogen) atoms. The molecule has 0 bridgehead atoms. The lowest BCUT2D eigenvalue weighted by Gasteiger charge is -2.17. The van der Waals surface area contributed by atoms with Gasteiger partial charge in [-0.05, 0) is 12.8 Å². The van der Waals surface area contributed by atoms with E-state index in [1.807, 2.05) is 0 Å². The highest BCUT2D eigenvalue weighted by molar-refractivity contribution is 5.87. The van der Waals surface area contributed by atoms with Gasteiger partial charge in [-0.2, -0.15) is 0 Å². The van der Waals surface area contributed by atoms with Crippen molar-refractivity contribution in [3.63, 3.8) is 0 Å². The number of carboxylic acid groups (broad SMARTS) is 1. The Hall–Kier alpha value is -1.67. The Morgan fingerprint density at radius 2 is 2.16 bits per heavy atom. The number of esters is 1. The number of ether oxygens (including phenoxy) is 1. The fourth-order valence-electron chi connectivity index (χ4n) is 1.81. The monoisotopic (exact) mass is 274 g/mol. The molecule has 0 aromatic heterocycles. The predicted octanol–water partition coefficient (Wildman–Crippen LogP) is -1.77. The molecule has 8 heteroatoms. The number of carboxylic acids is 1. The van der Waals surface area contributed by atoms with Crippen molar-refractivity contribution >= 4 is 17.8 Å². The van der Waals surface area contributed by atoms with Crippen molar-refractivity contribution in [3.8, 4) is 0 Å². The number of aliphatic hydroxyl groups excluding tert-OH is 1. The van der Waals surface area contributed by atoms with Crippen LogP contribution in [0.1, 0.15) is 19.3 Å². The van der Waals surface area contributed by atoms with Gasteiger partial charge >= 0.3 is 11.9 Å². The highest BCUT2D eigenvalue weighted by atomic mass is 16.5. The minimum atomic E-state index is -1.21. The summed E-state index contributed by atoms with van der Waals surface area (Å²) in [7, 11) is 1.21. The molecule has 0 saturated carbocycles. The van der Waals surface area contributed by atoms with Gasteiger partial charge in [0, 0.05) is 13.0 Å². The number of hydrogen-bond acceptors (Lipinski definition) is 6. The SMILES string of the molecule is COC(=O)CC[C@H](NC(=O)C1CC(O)CN1)C(=O)O. The van der Waals surface area contributed by atoms with Gasteiger partial charge in [-0.1, -0.05) is 0 Å². The van der Waals surface area contributed by atoms with E-state index >= 15 is 0 Å². The first-order valence-corrected chi connectivity index (χ1v) is 5.95. The number of aliphatic hydroxyl groups is 1. The molecular weight excluding hydrogens is 256 g/mol. The van der Waals surface area contributed by atoms with Gasteiger partial charge in [0.05, 0.1) is 19.3 Å². The van der Waals surface area contributed by atoms with Crippen molar-refractivity contribution in [2.24, 2.45) is 0 Å². The van der Waals surface area contributed by atoms with Crippen LogP contribution < -0.4 is 10.6 Å². The number of rotatable bonds is 6. The summed E-state index contributed by atoms with van der Waals surface area (Å²) in [6.45, 7) is 0.304. The summed E-state index contributed by atoms with van der Waals surface area (Å²) in [5.74, 6) is -2.24. The van der Waals surface area contributed by atoms with E-state index in [9.17, 15) is 19.5 Å². The van der Waals surface area contributed by atoms with Crippen LogP contribution in [0.5, 0.6) is 0 Å². The van der Waals surface area contributed by atoms with E-state index < -0.39 is 36.0 Å². The van der Waals surface area contributed by atoms with Gasteiger partial charge in [-0.15, -0.1) is 0 Å². The van der Waals surface area contributed by atoms with E-state index in [0.717, 1.165) is 0 Å². The fraction of sp³-hybridized carbons (Fsp3) is 0.727. The van der Waals surface area contributed by atoms with Crippen molar-refractivity contribution in [3.05, 3.63) is 0 Å². The highest BCUT2D eigenvalue weighted by Gasteiger charge is 2.31. The maximum Gasteiger partial charge on any atom is 0.326 e. The van der Waals surface area contributed by atoms with Crippen molar-refractivity contribution in [1.29, 1.82) is 0 Å². The molecule has 1 rings (SSSR count). The largest absolute Gasteiger partial charge is 0.480 e. The normalized spacial score (nSPS) is 23.7. The lowest BCUT2D eigenvalue weighted by molar-refractivity contribution is -0.144. The Labute approximate surface area is 110 Å². The van der Waals surface area contributed by atoms with Gasteiger partial charge in [0.25, 0.3) is 0 Å². The minimum absolute atomic E-state index is 0.0387. The van der Waals surface area contributed by atoms with Gasteiger partial charge in [0.1, 0.15) is 6.04 Å². The zero-order valence-electron chi connectivity index (χ0n) is 10.6. The van der Waals surface area contributed by atoms with Crippen molar-refractivity contribution < 1.29 is 29.3 Å². The Balaban J connectivity index is 2.46. The van der Waals surface area contributed by atoms with Gasteiger partial charge in [0.15, 0.2) is 0 Å². The first kappa shape index (κ1) is 15.4. The van der Waals surface area contributed by atoms with Crippen LogP contribution >= 0.6 is 0 Å². The number of carbonyl (C=O) groups excluding carboxylic acids is 2. The summed E-state index contributed by atoms with van der Waals surface area (Å²) in [5, 5.41) is 23.4. The van der Waals surface area contributed by atoms with Gasteiger partial charge in [0.2, 0.25) is 5.91 Å². The summed E-state index contributed by atoms with van der Waals surface area (Å²) in [6.07, 6.45) is -0.485. The summed E-state index contributed by atoms with van der Waals surface area (Å²) in [5.41, 5.74) is 0. The van der Waals surface area contributed by atoms with Crippen LogP contribution in [0.4, 0.5) is 0 Å². The number of β-amino-alcohol motifs (C(OH)–C–C–N with tert-alkyl or cyclic N) is 1. The number of aliphatic carboxylic acids is 1. The molecule has 0 aliphatic carbocycles. The van der Waals surface area contributed by atoms with Gasteiger partial charge in [-0.3, -0.25) is 9.59 Å². The average molecular weight is 274 g/mol. The second-order valence-electron chi connectivity index (χ2n) is 4.36. The Morgan fingerprint density at radius 1 is 1.47 bits per heavy atom. The molecule has 1 amide bonds. The van der Waals surface area contributed by atoms with E-state index in [-0.39, 0.29) is 19.3 Å². The molecule has 1 aliphatic heterocycles. The molecule has 0 radical (unpaired) electrons. The summed E-state index contributed by atoms with van der Waals surface area (Å²) < 4.78 is 4.41. The third kappa shape index (κ3) is 4.84. The molecule has 3 atom stereocenters. The molecule has 0 aromatic rings. The van der Waals surface area contributed by atoms with Crippen molar-refractivity contribution in [2.75, 3.05) is 13.7 Å². The van der Waals surface area contributed by atoms with E-state index in [1.54, 1.807) is 0 Å². The number of nitrogens with one attached hydrogen (secondary N) is 2. The molecule has 8 nitrogen and oxygen atoms in total. The number of hydrogen-bond donors (Lipinski definition) is 4. The standard InChI is InChI=1S/C11H18N2O6/c1-19-9(15)3-2-7(11(17)18)13-10(16)8-4-6(14)5-12-8/h6-8,12,14H,2-5H2,1H3,(H,13,16)(H,17,18)/t6?,7-,8?/m0/s1. The van der Waals surface area contributed by atoms with Crippen LogP contribution in [0.3, 0.4) is 0 Å². The van der Waals surface area contributed by atoms with Crippen molar-refractivity contribution in [2.45, 2.75) is 37.5 Å². The molecule has 1 aliphatic rings. The number of carbonyl (C=O) groups is 3. The molecule has 2 unspecified atom stereocenters. The lowest BCUT2D eigenvalue weighted by atomic mass is 10.1. The summed E-state index contributed by atoms with van der Waals surface area (Å²) in [6, 6.07) is -1.75. The number of methoxy groups -OCH3 is 1. The second kappa shape index (κ2) is 7.05. The molecular formula is C11H18N2O6. The lowest BCUT2D eigenvalue weighted by Crippen LogP contribution is -2.48. The minimum Gasteiger partial charge on any atom is -0.480 e. The van der Waals surface area contributed by atoms with Crippen LogP contribution in [0.15, 0.2) is 0 Å². The van der Waals surface area contributed by atoms with E-state index in [2.05, 4.69) is 15.4 Å². The van der Waals surface area contributed by atoms with E-state index in [1.165, 1.54) is 7.11 Å². The number of amides is 1. The van der Waals surface area contributed by atoms with Gasteiger partial charge < -0.3 is 25.6 Å². The first-order valence-electron chi connectivity index (χ1n) is 5.95. The first-order chi connectivity index (χ1) is 8.93. The quantitative estimate of drug-likeness (QED) is 0.422. The van der Waals surface area contributed by atoms with E-state index in [4.69, 9.17) is 5.11 Å². The van der Waals surface area contributed by atoms with Crippen LogP contribution in [0.2, 0.25) is 0 Å². The highest BCUT2D eigenvalue weighted by Crippen LogP contribution is 2.07.